The number of azo groups is 1. The number of ether oxygens (including phenoxy) is 1. The highest BCUT2D eigenvalue weighted by atomic mass is 79.9. The lowest BCUT2D eigenvalue weighted by Gasteiger charge is -2.07. The Balaban J connectivity index is 2.25. The van der Waals surface area contributed by atoms with E-state index in [9.17, 15) is 4.79 Å². The van der Waals surface area contributed by atoms with Gasteiger partial charge in [0.15, 0.2) is 0 Å². The molecule has 0 spiro atoms. The van der Waals surface area contributed by atoms with Gasteiger partial charge in [-0.2, -0.15) is 5.11 Å². The molecular formula is C14H12BrN3O2. The molecule has 0 aliphatic rings. The van der Waals surface area contributed by atoms with Crippen LogP contribution in [-0.2, 0) is 16.1 Å². The van der Waals surface area contributed by atoms with Crippen molar-refractivity contribution in [3.8, 4) is 0 Å². The molecule has 6 heteroatoms. The Labute approximate surface area is 124 Å². The number of carbonyl (C=O) groups excluding carboxylic acids is 1. The van der Waals surface area contributed by atoms with Crippen LogP contribution in [0, 0.1) is 0 Å². The number of rotatable bonds is 4. The van der Waals surface area contributed by atoms with Crippen LogP contribution in [0.15, 0.2) is 57.4 Å². The largest absolute Gasteiger partial charge is 0.461 e. The fourth-order valence-electron chi connectivity index (χ4n) is 1.48. The summed E-state index contributed by atoms with van der Waals surface area (Å²) in [5.41, 5.74) is 2.07. The Bertz CT molecular complexity index is 630. The lowest BCUT2D eigenvalue weighted by molar-refractivity contribution is -0.142. The Morgan fingerprint density at radius 1 is 1.30 bits per heavy atom. The number of hydrogen-bond acceptors (Lipinski definition) is 5. The van der Waals surface area contributed by atoms with E-state index in [1.165, 1.54) is 6.92 Å². The molecule has 0 saturated carbocycles. The van der Waals surface area contributed by atoms with Crippen LogP contribution in [0.3, 0.4) is 0 Å². The van der Waals surface area contributed by atoms with Gasteiger partial charge < -0.3 is 4.74 Å². The lowest BCUT2D eigenvalue weighted by atomic mass is 10.2. The first-order valence-electron chi connectivity index (χ1n) is 5.89. The summed E-state index contributed by atoms with van der Waals surface area (Å²) in [6.45, 7) is 1.52. The van der Waals surface area contributed by atoms with Gasteiger partial charge in [-0.1, -0.05) is 22.0 Å². The maximum absolute atomic E-state index is 10.9. The van der Waals surface area contributed by atoms with E-state index in [-0.39, 0.29) is 12.6 Å². The molecule has 0 atom stereocenters. The van der Waals surface area contributed by atoms with Gasteiger partial charge >= 0.3 is 5.97 Å². The molecule has 2 aromatic rings. The minimum absolute atomic E-state index is 0.151. The van der Waals surface area contributed by atoms with Crippen molar-refractivity contribution in [2.45, 2.75) is 13.5 Å². The van der Waals surface area contributed by atoms with E-state index in [1.807, 2.05) is 18.2 Å². The van der Waals surface area contributed by atoms with Crippen LogP contribution in [0.1, 0.15) is 12.5 Å². The minimum atomic E-state index is -0.337. The summed E-state index contributed by atoms with van der Waals surface area (Å²) in [5, 5.41) is 8.29. The Morgan fingerprint density at radius 2 is 2.15 bits per heavy atom. The third kappa shape index (κ3) is 3.96. The van der Waals surface area contributed by atoms with Gasteiger partial charge in [-0.05, 0) is 24.3 Å². The minimum Gasteiger partial charge on any atom is -0.461 e. The summed E-state index contributed by atoms with van der Waals surface area (Å²) >= 11 is 3.42. The number of hydrogen-bond donors (Lipinski definition) is 0. The highest BCUT2D eigenvalue weighted by molar-refractivity contribution is 9.10. The normalized spacial score (nSPS) is 10.7. The predicted octanol–water partition coefficient (Wildman–Crippen LogP) is 4.32. The van der Waals surface area contributed by atoms with Crippen molar-refractivity contribution in [2.24, 2.45) is 10.2 Å². The molecule has 0 aliphatic carbocycles. The smallest absolute Gasteiger partial charge is 0.302 e. The van der Waals surface area contributed by atoms with Crippen molar-refractivity contribution in [3.05, 3.63) is 52.8 Å². The molecule has 102 valence electrons. The molecule has 1 heterocycles. The lowest BCUT2D eigenvalue weighted by Crippen LogP contribution is -1.99. The fourth-order valence-corrected chi connectivity index (χ4v) is 1.95. The quantitative estimate of drug-likeness (QED) is 0.618. The number of esters is 1. The van der Waals surface area contributed by atoms with Crippen LogP contribution in [0.2, 0.25) is 0 Å². The number of halogens is 1. The van der Waals surface area contributed by atoms with Gasteiger partial charge in [0, 0.05) is 23.2 Å². The molecule has 0 radical (unpaired) electrons. The summed E-state index contributed by atoms with van der Waals surface area (Å²) < 4.78 is 5.84. The number of pyridine rings is 1. The van der Waals surface area contributed by atoms with Gasteiger partial charge in [0.2, 0.25) is 0 Å². The van der Waals surface area contributed by atoms with Gasteiger partial charge in [-0.3, -0.25) is 9.78 Å². The highest BCUT2D eigenvalue weighted by Gasteiger charge is 2.08. The maximum atomic E-state index is 10.9. The molecule has 0 bridgehead atoms. The summed E-state index contributed by atoms with van der Waals surface area (Å²) in [6, 6.07) is 9.11. The van der Waals surface area contributed by atoms with Crippen molar-refractivity contribution in [1.29, 1.82) is 0 Å². The van der Waals surface area contributed by atoms with E-state index in [4.69, 9.17) is 4.74 Å². The van der Waals surface area contributed by atoms with Crippen molar-refractivity contribution < 1.29 is 9.53 Å². The van der Waals surface area contributed by atoms with Crippen LogP contribution in [0.5, 0.6) is 0 Å². The molecule has 2 rings (SSSR count). The van der Waals surface area contributed by atoms with Gasteiger partial charge in [-0.15, -0.1) is 5.11 Å². The van der Waals surface area contributed by atoms with E-state index in [0.29, 0.717) is 11.4 Å². The monoisotopic (exact) mass is 333 g/mol. The zero-order valence-electron chi connectivity index (χ0n) is 10.8. The zero-order valence-corrected chi connectivity index (χ0v) is 12.4. The van der Waals surface area contributed by atoms with Crippen molar-refractivity contribution in [3.63, 3.8) is 0 Å². The molecular weight excluding hydrogens is 322 g/mol. The maximum Gasteiger partial charge on any atom is 0.302 e. The first kappa shape index (κ1) is 14.3. The van der Waals surface area contributed by atoms with Crippen molar-refractivity contribution >= 4 is 33.3 Å². The Kier molecular flexibility index (Phi) is 4.95. The fraction of sp³-hybridized carbons (Fsp3) is 0.143. The molecule has 0 N–H and O–H groups in total. The van der Waals surface area contributed by atoms with Crippen LogP contribution in [0.4, 0.5) is 11.4 Å². The summed E-state index contributed by atoms with van der Waals surface area (Å²) in [5.74, 6) is -0.337. The molecule has 0 saturated heterocycles. The van der Waals surface area contributed by atoms with Crippen LogP contribution in [0.25, 0.3) is 0 Å². The van der Waals surface area contributed by atoms with Crippen molar-refractivity contribution in [1.82, 2.24) is 4.98 Å². The summed E-state index contributed by atoms with van der Waals surface area (Å²) in [6.07, 6.45) is 3.29. The SMILES string of the molecule is CC(=O)OCc1c(Br)cccc1/N=N/c1cccnc1. The third-order valence-corrected chi connectivity index (χ3v) is 3.18. The van der Waals surface area contributed by atoms with Gasteiger partial charge in [0.1, 0.15) is 12.3 Å². The van der Waals surface area contributed by atoms with Gasteiger partial charge in [-0.25, -0.2) is 0 Å². The standard InChI is InChI=1S/C14H12BrN3O2/c1-10(19)20-9-12-13(15)5-2-6-14(12)18-17-11-4-3-7-16-8-11/h2-8H,9H2,1H3/b18-17+. The second kappa shape index (κ2) is 6.91. The molecule has 1 aromatic heterocycles. The molecule has 0 aliphatic heterocycles. The Hall–Kier alpha value is -2.08. The number of nitrogens with zero attached hydrogens (tertiary/aromatic N) is 3. The highest BCUT2D eigenvalue weighted by Crippen LogP contribution is 2.29. The van der Waals surface area contributed by atoms with Gasteiger partial charge in [0.25, 0.3) is 0 Å². The average Bonchev–Trinajstić information content (AvgIpc) is 2.45. The second-order valence-corrected chi connectivity index (χ2v) is 4.78. The first-order chi connectivity index (χ1) is 9.66. The Morgan fingerprint density at radius 3 is 2.85 bits per heavy atom. The second-order valence-electron chi connectivity index (χ2n) is 3.93. The van der Waals surface area contributed by atoms with Gasteiger partial charge in [0.05, 0.1) is 11.9 Å². The molecule has 0 fully saturated rings. The molecule has 5 nitrogen and oxygen atoms in total. The zero-order chi connectivity index (χ0) is 14.4. The molecule has 1 aromatic carbocycles. The van der Waals surface area contributed by atoms with Crippen LogP contribution >= 0.6 is 15.9 Å². The van der Waals surface area contributed by atoms with Crippen LogP contribution < -0.4 is 0 Å². The topological polar surface area (TPSA) is 63.9 Å². The molecule has 20 heavy (non-hydrogen) atoms. The predicted molar refractivity (Wildman–Crippen MR) is 78.0 cm³/mol. The van der Waals surface area contributed by atoms with Crippen molar-refractivity contribution in [2.75, 3.05) is 0 Å². The van der Waals surface area contributed by atoms with E-state index in [1.54, 1.807) is 24.5 Å². The first-order valence-corrected chi connectivity index (χ1v) is 6.68. The summed E-state index contributed by atoms with van der Waals surface area (Å²) in [4.78, 5) is 14.9. The molecule has 0 unspecified atom stereocenters. The number of benzene rings is 1. The molecule has 0 amide bonds. The number of carbonyl (C=O) groups is 1. The van der Waals surface area contributed by atoms with Crippen LogP contribution in [-0.4, -0.2) is 11.0 Å². The summed E-state index contributed by atoms with van der Waals surface area (Å²) in [7, 11) is 0. The van der Waals surface area contributed by atoms with E-state index >= 15 is 0 Å². The van der Waals surface area contributed by atoms with E-state index < -0.39 is 0 Å². The van der Waals surface area contributed by atoms with E-state index in [0.717, 1.165) is 10.0 Å². The third-order valence-electron chi connectivity index (χ3n) is 2.43. The number of aromatic nitrogens is 1. The van der Waals surface area contributed by atoms with E-state index in [2.05, 4.69) is 31.1 Å². The average molecular weight is 334 g/mol.